The zero-order chi connectivity index (χ0) is 16.2. The van der Waals surface area contributed by atoms with Gasteiger partial charge < -0.3 is 4.74 Å². The smallest absolute Gasteiger partial charge is 0.339 e. The lowest BCUT2D eigenvalue weighted by Gasteiger charge is -2.17. The van der Waals surface area contributed by atoms with E-state index in [9.17, 15) is 13.2 Å². The van der Waals surface area contributed by atoms with Crippen LogP contribution in [0.4, 0.5) is 0 Å². The molecule has 1 unspecified atom stereocenters. The molecule has 0 aromatic heterocycles. The predicted molar refractivity (Wildman–Crippen MR) is 84.6 cm³/mol. The Labute approximate surface area is 134 Å². The van der Waals surface area contributed by atoms with Crippen molar-refractivity contribution in [3.05, 3.63) is 65.2 Å². The average molecular weight is 339 g/mol. The topological polar surface area (TPSA) is 60.4 Å². The molecule has 0 saturated carbocycles. The van der Waals surface area contributed by atoms with Crippen LogP contribution in [0.5, 0.6) is 0 Å². The molecule has 0 aliphatic rings. The molecule has 0 radical (unpaired) electrons. The van der Waals surface area contributed by atoms with E-state index in [1.807, 2.05) is 0 Å². The number of benzene rings is 2. The highest BCUT2D eigenvalue weighted by molar-refractivity contribution is 7.92. The molecule has 0 amide bonds. The molecule has 2 aromatic carbocycles. The van der Waals surface area contributed by atoms with Crippen LogP contribution in [-0.4, -0.2) is 19.8 Å². The van der Waals surface area contributed by atoms with Gasteiger partial charge in [0.2, 0.25) is 15.3 Å². The van der Waals surface area contributed by atoms with Gasteiger partial charge in [-0.2, -0.15) is 0 Å². The minimum Gasteiger partial charge on any atom is -0.442 e. The molecule has 6 heteroatoms. The molecule has 0 bridgehead atoms. The van der Waals surface area contributed by atoms with Crippen LogP contribution in [0.3, 0.4) is 0 Å². The number of sulfone groups is 1. The Morgan fingerprint density at radius 1 is 1.09 bits per heavy atom. The van der Waals surface area contributed by atoms with E-state index in [1.54, 1.807) is 49.4 Å². The summed E-state index contributed by atoms with van der Waals surface area (Å²) in [6, 6.07) is 14.3. The number of hydrogen-bond acceptors (Lipinski definition) is 4. The summed E-state index contributed by atoms with van der Waals surface area (Å²) in [5.74, 6) is -0.678. The van der Waals surface area contributed by atoms with Crippen molar-refractivity contribution in [2.75, 3.05) is 0 Å². The molecule has 22 heavy (non-hydrogen) atoms. The van der Waals surface area contributed by atoms with Gasteiger partial charge in [0.05, 0.1) is 15.5 Å². The van der Waals surface area contributed by atoms with E-state index in [2.05, 4.69) is 0 Å². The molecule has 0 aliphatic carbocycles. The van der Waals surface area contributed by atoms with E-state index in [4.69, 9.17) is 16.3 Å². The van der Waals surface area contributed by atoms with Gasteiger partial charge in [-0.25, -0.2) is 13.2 Å². The largest absolute Gasteiger partial charge is 0.442 e. The lowest BCUT2D eigenvalue weighted by atomic mass is 10.2. The summed E-state index contributed by atoms with van der Waals surface area (Å²) in [5, 5.41) is 0.108. The summed E-state index contributed by atoms with van der Waals surface area (Å²) in [6.45, 7) is 1.64. The summed E-state index contributed by atoms with van der Waals surface area (Å²) < 4.78 is 30.4. The van der Waals surface area contributed by atoms with Gasteiger partial charge >= 0.3 is 5.97 Å². The maximum atomic E-state index is 12.6. The number of carbonyl (C=O) groups excluding carboxylic acids is 1. The second kappa shape index (κ2) is 6.94. The van der Waals surface area contributed by atoms with Crippen LogP contribution in [0.2, 0.25) is 5.02 Å². The van der Waals surface area contributed by atoms with Gasteiger partial charge in [0, 0.05) is 0 Å². The zero-order valence-corrected chi connectivity index (χ0v) is 13.5. The first-order valence-electron chi connectivity index (χ1n) is 6.71. The molecule has 2 aromatic rings. The number of halogens is 1. The first-order valence-corrected chi connectivity index (χ1v) is 8.63. The Hall–Kier alpha value is -1.85. The number of esters is 1. The molecule has 4 nitrogen and oxygen atoms in total. The molecule has 0 aliphatic heterocycles. The van der Waals surface area contributed by atoms with Crippen LogP contribution in [0.15, 0.2) is 59.5 Å². The third kappa shape index (κ3) is 3.48. The normalized spacial score (nSPS) is 12.6. The van der Waals surface area contributed by atoms with Crippen LogP contribution in [0, 0.1) is 0 Å². The minimum absolute atomic E-state index is 0.0376. The molecule has 1 atom stereocenters. The van der Waals surface area contributed by atoms with Crippen molar-refractivity contribution in [1.29, 1.82) is 0 Å². The number of ether oxygens (including phenoxy) is 1. The Balaban J connectivity index is 2.28. The summed E-state index contributed by atoms with van der Waals surface area (Å²) >= 11 is 5.94. The van der Waals surface area contributed by atoms with Crippen molar-refractivity contribution in [3.63, 3.8) is 0 Å². The van der Waals surface area contributed by atoms with Crippen molar-refractivity contribution in [2.24, 2.45) is 0 Å². The molecular weight excluding hydrogens is 324 g/mol. The molecule has 2 rings (SSSR count). The van der Waals surface area contributed by atoms with Gasteiger partial charge in [0.15, 0.2) is 0 Å². The quantitative estimate of drug-likeness (QED) is 0.780. The summed E-state index contributed by atoms with van der Waals surface area (Å²) in [5.41, 5.74) is -0.976. The van der Waals surface area contributed by atoms with E-state index >= 15 is 0 Å². The average Bonchev–Trinajstić information content (AvgIpc) is 2.53. The monoisotopic (exact) mass is 338 g/mol. The lowest BCUT2D eigenvalue weighted by Crippen LogP contribution is -2.27. The zero-order valence-electron chi connectivity index (χ0n) is 11.9. The Bertz CT molecular complexity index is 757. The second-order valence-corrected chi connectivity index (χ2v) is 7.05. The van der Waals surface area contributed by atoms with Crippen LogP contribution in [0.25, 0.3) is 0 Å². The number of hydrogen-bond donors (Lipinski definition) is 0. The van der Waals surface area contributed by atoms with Crippen molar-refractivity contribution in [3.8, 4) is 0 Å². The standard InChI is InChI=1S/C16H15ClO4S/c1-2-15(21-16(18)12-8-4-3-5-9-12)22(19,20)14-11-7-6-10-13(14)17/h3-11,15H,2H2,1H3. The SMILES string of the molecule is CCC(OC(=O)c1ccccc1)S(=O)(=O)c1ccccc1Cl. The summed E-state index contributed by atoms with van der Waals surface area (Å²) in [4.78, 5) is 12.0. The molecule has 0 saturated heterocycles. The molecule has 0 spiro atoms. The van der Waals surface area contributed by atoms with Crippen LogP contribution < -0.4 is 0 Å². The van der Waals surface area contributed by atoms with E-state index in [0.717, 1.165) is 0 Å². The number of carbonyl (C=O) groups is 1. The second-order valence-electron chi connectivity index (χ2n) is 4.58. The van der Waals surface area contributed by atoms with E-state index < -0.39 is 21.2 Å². The maximum Gasteiger partial charge on any atom is 0.339 e. The van der Waals surface area contributed by atoms with Crippen LogP contribution in [-0.2, 0) is 14.6 Å². The van der Waals surface area contributed by atoms with E-state index in [0.29, 0.717) is 5.56 Å². The fourth-order valence-corrected chi connectivity index (χ4v) is 3.95. The lowest BCUT2D eigenvalue weighted by molar-refractivity contribution is 0.0438. The van der Waals surface area contributed by atoms with Crippen molar-refractivity contribution < 1.29 is 17.9 Å². The third-order valence-electron chi connectivity index (χ3n) is 3.07. The van der Waals surface area contributed by atoms with Gasteiger partial charge in [-0.1, -0.05) is 48.9 Å². The van der Waals surface area contributed by atoms with Gasteiger partial charge in [0.1, 0.15) is 0 Å². The van der Waals surface area contributed by atoms with Crippen LogP contribution >= 0.6 is 11.6 Å². The van der Waals surface area contributed by atoms with Crippen molar-refractivity contribution in [2.45, 2.75) is 23.7 Å². The predicted octanol–water partition coefficient (Wildman–Crippen LogP) is 3.71. The van der Waals surface area contributed by atoms with Gasteiger partial charge in [0.25, 0.3) is 0 Å². The molecule has 0 N–H and O–H groups in total. The molecule has 0 fully saturated rings. The molecule has 0 heterocycles. The highest BCUT2D eigenvalue weighted by atomic mass is 35.5. The fourth-order valence-electron chi connectivity index (χ4n) is 1.94. The molecular formula is C16H15ClO4S. The summed E-state index contributed by atoms with van der Waals surface area (Å²) in [6.07, 6.45) is 0.131. The molecule has 116 valence electrons. The first kappa shape index (κ1) is 16.5. The third-order valence-corrected chi connectivity index (χ3v) is 5.60. The fraction of sp³-hybridized carbons (Fsp3) is 0.188. The van der Waals surface area contributed by atoms with Crippen molar-refractivity contribution in [1.82, 2.24) is 0 Å². The van der Waals surface area contributed by atoms with Gasteiger partial charge in [-0.15, -0.1) is 0 Å². The Kier molecular flexibility index (Phi) is 5.21. The first-order chi connectivity index (χ1) is 10.5. The number of rotatable bonds is 5. The van der Waals surface area contributed by atoms with Gasteiger partial charge in [-0.3, -0.25) is 0 Å². The van der Waals surface area contributed by atoms with Crippen molar-refractivity contribution >= 4 is 27.4 Å². The van der Waals surface area contributed by atoms with Gasteiger partial charge in [-0.05, 0) is 30.7 Å². The van der Waals surface area contributed by atoms with Crippen LogP contribution in [0.1, 0.15) is 23.7 Å². The minimum atomic E-state index is -3.86. The summed E-state index contributed by atoms with van der Waals surface area (Å²) in [7, 11) is -3.86. The van der Waals surface area contributed by atoms with E-state index in [1.165, 1.54) is 12.1 Å². The highest BCUT2D eigenvalue weighted by Crippen LogP contribution is 2.26. The Morgan fingerprint density at radius 3 is 2.27 bits per heavy atom. The maximum absolute atomic E-state index is 12.6. The van der Waals surface area contributed by atoms with E-state index in [-0.39, 0.29) is 16.3 Å². The highest BCUT2D eigenvalue weighted by Gasteiger charge is 2.31. The Morgan fingerprint density at radius 2 is 1.68 bits per heavy atom.